The fourth-order valence-electron chi connectivity index (χ4n) is 1.79. The van der Waals surface area contributed by atoms with Crippen LogP contribution >= 0.6 is 27.3 Å². The normalized spacial score (nSPS) is 10.8. The van der Waals surface area contributed by atoms with Crippen molar-refractivity contribution in [3.05, 3.63) is 38.6 Å². The van der Waals surface area contributed by atoms with E-state index in [1.54, 1.807) is 0 Å². The average molecular weight is 310 g/mol. The fourth-order valence-corrected chi connectivity index (χ4v) is 3.19. The molecule has 0 unspecified atom stereocenters. The van der Waals surface area contributed by atoms with Gasteiger partial charge in [-0.15, -0.1) is 11.3 Å². The van der Waals surface area contributed by atoms with Crippen molar-refractivity contribution < 1.29 is 0 Å². The lowest BCUT2D eigenvalue weighted by atomic mass is 10.1. The molecule has 0 amide bonds. The molecule has 0 aliphatic heterocycles. The van der Waals surface area contributed by atoms with Crippen LogP contribution in [0.1, 0.15) is 29.7 Å². The van der Waals surface area contributed by atoms with E-state index >= 15 is 0 Å². The van der Waals surface area contributed by atoms with Gasteiger partial charge in [-0.25, -0.2) is 4.98 Å². The molecule has 2 aromatic rings. The van der Waals surface area contributed by atoms with Gasteiger partial charge in [-0.1, -0.05) is 41.4 Å². The van der Waals surface area contributed by atoms with Gasteiger partial charge in [0, 0.05) is 14.9 Å². The first kappa shape index (κ1) is 12.8. The summed E-state index contributed by atoms with van der Waals surface area (Å²) in [5.74, 6) is 0. The van der Waals surface area contributed by atoms with E-state index < -0.39 is 0 Å². The molecule has 2 rings (SSSR count). The van der Waals surface area contributed by atoms with Gasteiger partial charge in [-0.05, 0) is 31.9 Å². The number of aryl methyl sites for hydroxylation is 2. The standard InChI is InChI=1S/C14H16BrNS/c1-3-4-8-13-16-14(10(2)17-13)11-6-5-7-12(15)9-11/h5-7,9H,3-4,8H2,1-2H3. The van der Waals surface area contributed by atoms with Crippen molar-refractivity contribution in [3.8, 4) is 11.3 Å². The van der Waals surface area contributed by atoms with Crippen LogP contribution in [-0.4, -0.2) is 4.98 Å². The Balaban J connectivity index is 2.29. The van der Waals surface area contributed by atoms with Gasteiger partial charge >= 0.3 is 0 Å². The molecule has 1 heterocycles. The highest BCUT2D eigenvalue weighted by atomic mass is 79.9. The van der Waals surface area contributed by atoms with E-state index in [1.807, 2.05) is 17.4 Å². The molecule has 0 spiro atoms. The van der Waals surface area contributed by atoms with Crippen molar-refractivity contribution in [2.24, 2.45) is 0 Å². The lowest BCUT2D eigenvalue weighted by molar-refractivity contribution is 0.790. The summed E-state index contributed by atoms with van der Waals surface area (Å²) in [6.07, 6.45) is 3.56. The van der Waals surface area contributed by atoms with Gasteiger partial charge < -0.3 is 0 Å². The summed E-state index contributed by atoms with van der Waals surface area (Å²) in [6.45, 7) is 4.37. The Kier molecular flexibility index (Phi) is 4.35. The van der Waals surface area contributed by atoms with Crippen molar-refractivity contribution in [2.45, 2.75) is 33.1 Å². The summed E-state index contributed by atoms with van der Waals surface area (Å²) >= 11 is 5.34. The van der Waals surface area contributed by atoms with Gasteiger partial charge in [0.15, 0.2) is 0 Å². The molecular weight excluding hydrogens is 294 g/mol. The van der Waals surface area contributed by atoms with Crippen molar-refractivity contribution >= 4 is 27.3 Å². The summed E-state index contributed by atoms with van der Waals surface area (Å²) in [6, 6.07) is 8.36. The second-order valence-corrected chi connectivity index (χ2v) is 6.33. The van der Waals surface area contributed by atoms with Gasteiger partial charge in [0.1, 0.15) is 0 Å². The third kappa shape index (κ3) is 3.17. The zero-order valence-electron chi connectivity index (χ0n) is 10.2. The maximum absolute atomic E-state index is 4.76. The first-order valence-corrected chi connectivity index (χ1v) is 7.54. The molecule has 17 heavy (non-hydrogen) atoms. The highest BCUT2D eigenvalue weighted by molar-refractivity contribution is 9.10. The third-order valence-corrected chi connectivity index (χ3v) is 4.21. The van der Waals surface area contributed by atoms with Crippen molar-refractivity contribution in [3.63, 3.8) is 0 Å². The molecule has 0 saturated heterocycles. The van der Waals surface area contributed by atoms with Crippen LogP contribution in [0.3, 0.4) is 0 Å². The minimum atomic E-state index is 1.11. The van der Waals surface area contributed by atoms with Gasteiger partial charge in [0.05, 0.1) is 10.7 Å². The summed E-state index contributed by atoms with van der Waals surface area (Å²) in [7, 11) is 0. The number of rotatable bonds is 4. The molecule has 0 N–H and O–H groups in total. The van der Waals surface area contributed by atoms with E-state index in [1.165, 1.54) is 28.3 Å². The number of hydrogen-bond acceptors (Lipinski definition) is 2. The lowest BCUT2D eigenvalue weighted by Gasteiger charge is -1.99. The lowest BCUT2D eigenvalue weighted by Crippen LogP contribution is -1.84. The van der Waals surface area contributed by atoms with Crippen molar-refractivity contribution in [1.82, 2.24) is 4.98 Å². The van der Waals surface area contributed by atoms with E-state index in [9.17, 15) is 0 Å². The van der Waals surface area contributed by atoms with Crippen LogP contribution in [0.5, 0.6) is 0 Å². The Bertz CT molecular complexity index is 505. The first-order valence-electron chi connectivity index (χ1n) is 5.93. The topological polar surface area (TPSA) is 12.9 Å². The van der Waals surface area contributed by atoms with Gasteiger partial charge in [-0.3, -0.25) is 0 Å². The Morgan fingerprint density at radius 2 is 2.18 bits per heavy atom. The van der Waals surface area contributed by atoms with E-state index in [0.29, 0.717) is 0 Å². The van der Waals surface area contributed by atoms with Crippen LogP contribution < -0.4 is 0 Å². The van der Waals surface area contributed by atoms with E-state index in [2.05, 4.69) is 48.0 Å². The number of unbranched alkanes of at least 4 members (excludes halogenated alkanes) is 1. The molecule has 0 aliphatic carbocycles. The minimum absolute atomic E-state index is 1.11. The maximum Gasteiger partial charge on any atom is 0.0935 e. The predicted molar refractivity (Wildman–Crippen MR) is 78.6 cm³/mol. The summed E-state index contributed by atoms with van der Waals surface area (Å²) in [5, 5.41) is 1.26. The largest absolute Gasteiger partial charge is 0.241 e. The molecule has 0 radical (unpaired) electrons. The summed E-state index contributed by atoms with van der Waals surface area (Å²) in [5.41, 5.74) is 2.35. The molecule has 0 bridgehead atoms. The quantitative estimate of drug-likeness (QED) is 0.754. The molecule has 0 aliphatic rings. The van der Waals surface area contributed by atoms with Gasteiger partial charge in [0.25, 0.3) is 0 Å². The van der Waals surface area contributed by atoms with E-state index in [0.717, 1.165) is 16.6 Å². The number of thiazole rings is 1. The highest BCUT2D eigenvalue weighted by Crippen LogP contribution is 2.29. The number of nitrogens with zero attached hydrogens (tertiary/aromatic N) is 1. The maximum atomic E-state index is 4.76. The molecule has 1 nitrogen and oxygen atoms in total. The zero-order chi connectivity index (χ0) is 12.3. The van der Waals surface area contributed by atoms with E-state index in [-0.39, 0.29) is 0 Å². The minimum Gasteiger partial charge on any atom is -0.241 e. The van der Waals surface area contributed by atoms with Crippen LogP contribution in [0.4, 0.5) is 0 Å². The monoisotopic (exact) mass is 309 g/mol. The van der Waals surface area contributed by atoms with Crippen LogP contribution in [0.15, 0.2) is 28.7 Å². The second kappa shape index (κ2) is 5.78. The smallest absolute Gasteiger partial charge is 0.0935 e. The SMILES string of the molecule is CCCCc1nc(-c2cccc(Br)c2)c(C)s1. The Hall–Kier alpha value is -0.670. The Labute approximate surface area is 115 Å². The van der Waals surface area contributed by atoms with Crippen LogP contribution in [-0.2, 0) is 6.42 Å². The second-order valence-electron chi connectivity index (χ2n) is 4.13. The fraction of sp³-hybridized carbons (Fsp3) is 0.357. The van der Waals surface area contributed by atoms with E-state index in [4.69, 9.17) is 4.98 Å². The Morgan fingerprint density at radius 3 is 2.88 bits per heavy atom. The first-order chi connectivity index (χ1) is 8.20. The summed E-state index contributed by atoms with van der Waals surface area (Å²) < 4.78 is 1.11. The predicted octanol–water partition coefficient (Wildman–Crippen LogP) is 5.22. The molecule has 1 aromatic heterocycles. The van der Waals surface area contributed by atoms with Crippen molar-refractivity contribution in [2.75, 3.05) is 0 Å². The zero-order valence-corrected chi connectivity index (χ0v) is 12.6. The van der Waals surface area contributed by atoms with Gasteiger partial charge in [-0.2, -0.15) is 0 Å². The highest BCUT2D eigenvalue weighted by Gasteiger charge is 2.09. The van der Waals surface area contributed by atoms with Crippen LogP contribution in [0.2, 0.25) is 0 Å². The Morgan fingerprint density at radius 1 is 1.35 bits per heavy atom. The number of halogens is 1. The molecule has 90 valence electrons. The number of aromatic nitrogens is 1. The molecular formula is C14H16BrNS. The number of benzene rings is 1. The molecule has 0 saturated carbocycles. The molecule has 1 aromatic carbocycles. The average Bonchev–Trinajstić information content (AvgIpc) is 2.68. The summed E-state index contributed by atoms with van der Waals surface area (Å²) in [4.78, 5) is 6.07. The van der Waals surface area contributed by atoms with Crippen LogP contribution in [0, 0.1) is 6.92 Å². The molecule has 3 heteroatoms. The van der Waals surface area contributed by atoms with Gasteiger partial charge in [0.2, 0.25) is 0 Å². The van der Waals surface area contributed by atoms with Crippen LogP contribution in [0.25, 0.3) is 11.3 Å². The molecule has 0 atom stereocenters. The molecule has 0 fully saturated rings. The number of hydrogen-bond donors (Lipinski definition) is 0. The van der Waals surface area contributed by atoms with Crippen molar-refractivity contribution in [1.29, 1.82) is 0 Å². The third-order valence-electron chi connectivity index (χ3n) is 2.68.